The number of piperazine rings is 1. The van der Waals surface area contributed by atoms with Crippen molar-refractivity contribution in [1.29, 1.82) is 0 Å². The van der Waals surface area contributed by atoms with Crippen LogP contribution in [0.5, 0.6) is 0 Å². The Morgan fingerprint density at radius 2 is 2.16 bits per heavy atom. The predicted octanol–water partition coefficient (Wildman–Crippen LogP) is 0.931. The summed E-state index contributed by atoms with van der Waals surface area (Å²) in [5.41, 5.74) is 0. The molecule has 1 aromatic heterocycles. The largest absolute Gasteiger partial charge is 0.342 e. The molecule has 138 valence electrons. The highest BCUT2D eigenvalue weighted by atomic mass is 32.2. The Labute approximate surface area is 151 Å². The molecule has 2 aliphatic heterocycles. The van der Waals surface area contributed by atoms with Crippen LogP contribution < -0.4 is 10.0 Å². The van der Waals surface area contributed by atoms with Gasteiger partial charge in [0.2, 0.25) is 21.8 Å². The van der Waals surface area contributed by atoms with Gasteiger partial charge < -0.3 is 10.2 Å². The molecule has 9 heteroatoms. The van der Waals surface area contributed by atoms with Crippen molar-refractivity contribution in [2.24, 2.45) is 5.92 Å². The molecule has 0 saturated carbocycles. The van der Waals surface area contributed by atoms with E-state index in [4.69, 9.17) is 0 Å². The molecule has 2 N–H and O–H groups in total. The van der Waals surface area contributed by atoms with Crippen LogP contribution in [0, 0.1) is 5.92 Å². The van der Waals surface area contributed by atoms with Crippen LogP contribution in [0.1, 0.15) is 33.1 Å². The van der Waals surface area contributed by atoms with E-state index in [0.29, 0.717) is 31.7 Å². The van der Waals surface area contributed by atoms with Gasteiger partial charge in [-0.15, -0.1) is 11.3 Å². The SMILES string of the molecule is CC(C)C[C@@H]1NC(=O)[C@@H]2C[C@@H](NS(=O)(=O)c3cccs3)CCN2C1=O. The van der Waals surface area contributed by atoms with E-state index in [1.165, 1.54) is 0 Å². The fourth-order valence-corrected chi connectivity index (χ4v) is 5.73. The number of thiophene rings is 1. The van der Waals surface area contributed by atoms with Crippen molar-refractivity contribution in [3.05, 3.63) is 17.5 Å². The van der Waals surface area contributed by atoms with Crippen molar-refractivity contribution in [2.75, 3.05) is 6.54 Å². The Kier molecular flexibility index (Phi) is 5.17. The number of hydrogen-bond donors (Lipinski definition) is 2. The monoisotopic (exact) mass is 385 g/mol. The van der Waals surface area contributed by atoms with E-state index in [9.17, 15) is 18.0 Å². The van der Waals surface area contributed by atoms with Crippen molar-refractivity contribution in [3.8, 4) is 0 Å². The van der Waals surface area contributed by atoms with E-state index in [1.807, 2.05) is 13.8 Å². The molecule has 25 heavy (non-hydrogen) atoms. The van der Waals surface area contributed by atoms with Crippen LogP contribution in [-0.2, 0) is 19.6 Å². The maximum atomic E-state index is 12.6. The fraction of sp³-hybridized carbons (Fsp3) is 0.625. The lowest BCUT2D eigenvalue weighted by Crippen LogP contribution is -2.67. The summed E-state index contributed by atoms with van der Waals surface area (Å²) in [6, 6.07) is 1.82. The van der Waals surface area contributed by atoms with Gasteiger partial charge in [-0.05, 0) is 36.6 Å². The van der Waals surface area contributed by atoms with Gasteiger partial charge in [-0.1, -0.05) is 19.9 Å². The van der Waals surface area contributed by atoms with E-state index >= 15 is 0 Å². The molecule has 2 saturated heterocycles. The maximum Gasteiger partial charge on any atom is 0.250 e. The minimum atomic E-state index is -3.58. The quantitative estimate of drug-likeness (QED) is 0.788. The summed E-state index contributed by atoms with van der Waals surface area (Å²) in [5, 5.41) is 4.51. The summed E-state index contributed by atoms with van der Waals surface area (Å²) in [7, 11) is -3.58. The summed E-state index contributed by atoms with van der Waals surface area (Å²) >= 11 is 1.15. The standard InChI is InChI=1S/C16H23N3O4S2/c1-10(2)8-12-16(21)19-6-5-11(9-13(19)15(20)17-12)18-25(22,23)14-4-3-7-24-14/h3-4,7,10-13,18H,5-6,8-9H2,1-2H3,(H,17,20)/t11-,12-,13-/m0/s1. The van der Waals surface area contributed by atoms with Gasteiger partial charge in [0.15, 0.2) is 0 Å². The molecule has 0 spiro atoms. The molecule has 3 rings (SSSR count). The van der Waals surface area contributed by atoms with Crippen LogP contribution >= 0.6 is 11.3 Å². The smallest absolute Gasteiger partial charge is 0.250 e. The Balaban J connectivity index is 1.68. The Hall–Kier alpha value is -1.45. The molecule has 1 aromatic rings. The average molecular weight is 386 g/mol. The number of carbonyl (C=O) groups is 2. The third-order valence-corrected chi connectivity index (χ3v) is 7.51. The number of nitrogens with one attached hydrogen (secondary N) is 2. The molecule has 7 nitrogen and oxygen atoms in total. The van der Waals surface area contributed by atoms with Crippen molar-refractivity contribution in [1.82, 2.24) is 14.9 Å². The number of carbonyl (C=O) groups excluding carboxylic acids is 2. The zero-order valence-electron chi connectivity index (χ0n) is 14.3. The summed E-state index contributed by atoms with van der Waals surface area (Å²) in [4.78, 5) is 26.6. The number of fused-ring (bicyclic) bond motifs is 1. The predicted molar refractivity (Wildman–Crippen MR) is 94.5 cm³/mol. The van der Waals surface area contributed by atoms with Crippen LogP contribution in [0.4, 0.5) is 0 Å². The second-order valence-corrected chi connectivity index (χ2v) is 9.90. The molecule has 3 atom stereocenters. The Morgan fingerprint density at radius 3 is 2.80 bits per heavy atom. The number of rotatable bonds is 5. The van der Waals surface area contributed by atoms with Crippen LogP contribution in [0.15, 0.2) is 21.7 Å². The topological polar surface area (TPSA) is 95.6 Å². The van der Waals surface area contributed by atoms with Gasteiger partial charge in [0, 0.05) is 12.6 Å². The lowest BCUT2D eigenvalue weighted by molar-refractivity contribution is -0.152. The van der Waals surface area contributed by atoms with Crippen LogP contribution in [0.2, 0.25) is 0 Å². The first-order valence-electron chi connectivity index (χ1n) is 8.44. The minimum Gasteiger partial charge on any atom is -0.342 e. The van der Waals surface area contributed by atoms with Gasteiger partial charge in [0.25, 0.3) is 0 Å². The minimum absolute atomic E-state index is 0.0575. The van der Waals surface area contributed by atoms with Crippen molar-refractivity contribution >= 4 is 33.2 Å². The molecule has 0 aliphatic carbocycles. The van der Waals surface area contributed by atoms with Gasteiger partial charge in [-0.3, -0.25) is 9.59 Å². The second kappa shape index (κ2) is 7.05. The number of piperidine rings is 1. The van der Waals surface area contributed by atoms with Gasteiger partial charge >= 0.3 is 0 Å². The van der Waals surface area contributed by atoms with Crippen molar-refractivity contribution in [2.45, 2.75) is 55.4 Å². The molecule has 0 radical (unpaired) electrons. The van der Waals surface area contributed by atoms with E-state index < -0.39 is 22.1 Å². The highest BCUT2D eigenvalue weighted by molar-refractivity contribution is 7.91. The molecule has 3 heterocycles. The summed E-state index contributed by atoms with van der Waals surface area (Å²) in [6.45, 7) is 4.41. The maximum absolute atomic E-state index is 12.6. The number of nitrogens with zero attached hydrogens (tertiary/aromatic N) is 1. The van der Waals surface area contributed by atoms with E-state index in [1.54, 1.807) is 22.4 Å². The van der Waals surface area contributed by atoms with E-state index in [-0.39, 0.29) is 22.1 Å². The van der Waals surface area contributed by atoms with Gasteiger partial charge in [-0.25, -0.2) is 13.1 Å². The van der Waals surface area contributed by atoms with Crippen molar-refractivity contribution < 1.29 is 18.0 Å². The molecule has 2 fully saturated rings. The molecule has 0 bridgehead atoms. The van der Waals surface area contributed by atoms with Crippen LogP contribution in [0.25, 0.3) is 0 Å². The Bertz CT molecular complexity index is 745. The van der Waals surface area contributed by atoms with Gasteiger partial charge in [-0.2, -0.15) is 0 Å². The normalized spacial score (nSPS) is 27.3. The lowest BCUT2D eigenvalue weighted by atomic mass is 9.91. The number of sulfonamides is 1. The molecular weight excluding hydrogens is 362 g/mol. The fourth-order valence-electron chi connectivity index (χ4n) is 3.44. The summed E-state index contributed by atoms with van der Waals surface area (Å²) in [5.74, 6) is 0.0593. The zero-order chi connectivity index (χ0) is 18.2. The van der Waals surface area contributed by atoms with Gasteiger partial charge in [0.1, 0.15) is 16.3 Å². The van der Waals surface area contributed by atoms with Crippen LogP contribution in [0.3, 0.4) is 0 Å². The number of amides is 2. The van der Waals surface area contributed by atoms with E-state index in [0.717, 1.165) is 11.3 Å². The van der Waals surface area contributed by atoms with Crippen molar-refractivity contribution in [3.63, 3.8) is 0 Å². The lowest BCUT2D eigenvalue weighted by Gasteiger charge is -2.44. The molecular formula is C16H23N3O4S2. The molecule has 2 aliphatic rings. The third-order valence-electron chi connectivity index (χ3n) is 4.59. The number of hydrogen-bond acceptors (Lipinski definition) is 5. The first kappa shape index (κ1) is 18.3. The first-order valence-corrected chi connectivity index (χ1v) is 10.8. The summed E-state index contributed by atoms with van der Waals surface area (Å²) in [6.07, 6.45) is 1.42. The summed E-state index contributed by atoms with van der Waals surface area (Å²) < 4.78 is 27.7. The second-order valence-electron chi connectivity index (χ2n) is 7.01. The first-order chi connectivity index (χ1) is 11.8. The molecule has 0 unspecified atom stereocenters. The highest BCUT2D eigenvalue weighted by Gasteiger charge is 2.44. The van der Waals surface area contributed by atoms with E-state index in [2.05, 4.69) is 10.0 Å². The Morgan fingerprint density at radius 1 is 1.40 bits per heavy atom. The van der Waals surface area contributed by atoms with Gasteiger partial charge in [0.05, 0.1) is 0 Å². The highest BCUT2D eigenvalue weighted by Crippen LogP contribution is 2.25. The molecule has 2 amide bonds. The third kappa shape index (κ3) is 3.88. The molecule has 0 aromatic carbocycles. The average Bonchev–Trinajstić information content (AvgIpc) is 3.07. The van der Waals surface area contributed by atoms with Crippen LogP contribution in [-0.4, -0.2) is 49.8 Å². The zero-order valence-corrected chi connectivity index (χ0v) is 15.9.